The van der Waals surface area contributed by atoms with E-state index < -0.39 is 0 Å². The van der Waals surface area contributed by atoms with Crippen molar-refractivity contribution in [2.45, 2.75) is 181 Å². The van der Waals surface area contributed by atoms with Crippen molar-refractivity contribution in [2.75, 3.05) is 14.7 Å². The molecule has 0 saturated heterocycles. The molecule has 0 aromatic heterocycles. The Bertz CT molecular complexity index is 3080. The second kappa shape index (κ2) is 14.5. The van der Waals surface area contributed by atoms with E-state index in [1.165, 1.54) is 108 Å². The molecule has 0 N–H and O–H groups in total. The smallest absolute Gasteiger partial charge is 0.252 e. The lowest BCUT2D eigenvalue weighted by atomic mass is 9.33. The van der Waals surface area contributed by atoms with E-state index in [1.54, 1.807) is 0 Å². The van der Waals surface area contributed by atoms with E-state index in [0.717, 1.165) is 12.8 Å². The molecule has 0 radical (unpaired) electrons. The van der Waals surface area contributed by atoms with Crippen LogP contribution in [0.25, 0.3) is 0 Å². The van der Waals surface area contributed by atoms with E-state index in [9.17, 15) is 0 Å². The number of hydrogen-bond acceptors (Lipinski definition) is 3. The summed E-state index contributed by atoms with van der Waals surface area (Å²) in [5.74, 6) is 0. The van der Waals surface area contributed by atoms with Crippen molar-refractivity contribution in [1.29, 1.82) is 0 Å². The Morgan fingerprint density at radius 2 is 0.913 bits per heavy atom. The van der Waals surface area contributed by atoms with Crippen LogP contribution in [0.2, 0.25) is 0 Å². The summed E-state index contributed by atoms with van der Waals surface area (Å²) in [6.07, 6.45) is 4.59. The van der Waals surface area contributed by atoms with Gasteiger partial charge in [-0.1, -0.05) is 171 Å². The van der Waals surface area contributed by atoms with Crippen molar-refractivity contribution in [3.63, 3.8) is 0 Å². The fourth-order valence-electron chi connectivity index (χ4n) is 14.3. The molecule has 5 aliphatic rings. The number of benzene rings is 6. The zero-order valence-corrected chi connectivity index (χ0v) is 45.2. The first-order valence-corrected chi connectivity index (χ1v) is 26.3. The van der Waals surface area contributed by atoms with Gasteiger partial charge in [-0.15, -0.1) is 0 Å². The molecular weight excluding hydrogens is 834 g/mol. The molecule has 3 heterocycles. The summed E-state index contributed by atoms with van der Waals surface area (Å²) in [4.78, 5) is 8.14. The summed E-state index contributed by atoms with van der Waals surface area (Å²) in [6.45, 7) is 41.4. The summed E-state index contributed by atoms with van der Waals surface area (Å²) in [5, 5.41) is 0. The molecule has 0 bridgehead atoms. The van der Waals surface area contributed by atoms with Crippen LogP contribution in [-0.4, -0.2) is 12.3 Å². The van der Waals surface area contributed by atoms with Gasteiger partial charge in [0.1, 0.15) is 0 Å². The quantitative estimate of drug-likeness (QED) is 0.164. The Kier molecular flexibility index (Phi) is 9.67. The molecule has 1 saturated carbocycles. The highest BCUT2D eigenvalue weighted by atomic mass is 15.3. The van der Waals surface area contributed by atoms with Gasteiger partial charge in [0.05, 0.1) is 5.54 Å². The molecule has 6 aromatic rings. The largest absolute Gasteiger partial charge is 0.334 e. The Morgan fingerprint density at radius 1 is 0.420 bits per heavy atom. The lowest BCUT2D eigenvalue weighted by molar-refractivity contribution is 0.330. The summed E-state index contributed by atoms with van der Waals surface area (Å²) < 4.78 is 0. The Hall–Kier alpha value is -5.22. The van der Waals surface area contributed by atoms with Gasteiger partial charge < -0.3 is 14.7 Å². The number of fused-ring (bicyclic) bond motifs is 8. The number of para-hydroxylation sites is 1. The molecule has 2 aliphatic carbocycles. The predicted molar refractivity (Wildman–Crippen MR) is 299 cm³/mol. The lowest BCUT2D eigenvalue weighted by Gasteiger charge is -2.48. The molecular formula is C65H78BN3. The second-order valence-electron chi connectivity index (χ2n) is 27.8. The first-order chi connectivity index (χ1) is 32.0. The number of nitrogens with zero attached hydrogens (tertiary/aromatic N) is 3. The maximum Gasteiger partial charge on any atom is 0.252 e. The van der Waals surface area contributed by atoms with Crippen LogP contribution >= 0.6 is 0 Å². The minimum atomic E-state index is -0.165. The average Bonchev–Trinajstić information content (AvgIpc) is 3.57. The number of anilines is 8. The zero-order chi connectivity index (χ0) is 49.4. The van der Waals surface area contributed by atoms with Gasteiger partial charge in [-0.05, 0) is 169 Å². The van der Waals surface area contributed by atoms with Gasteiger partial charge >= 0.3 is 0 Å². The maximum absolute atomic E-state index is 2.82. The van der Waals surface area contributed by atoms with Gasteiger partial charge in [0.15, 0.2) is 0 Å². The van der Waals surface area contributed by atoms with Gasteiger partial charge in [-0.2, -0.15) is 0 Å². The minimum absolute atomic E-state index is 0.0240. The predicted octanol–water partition coefficient (Wildman–Crippen LogP) is 16.0. The first kappa shape index (κ1) is 46.2. The van der Waals surface area contributed by atoms with Crippen molar-refractivity contribution in [2.24, 2.45) is 5.41 Å². The molecule has 356 valence electrons. The van der Waals surface area contributed by atoms with Crippen LogP contribution in [0.15, 0.2) is 115 Å². The summed E-state index contributed by atoms with van der Waals surface area (Å²) in [6, 6.07) is 46.4. The van der Waals surface area contributed by atoms with E-state index in [2.05, 4.69) is 248 Å². The Balaban J connectivity index is 1.28. The van der Waals surface area contributed by atoms with Crippen LogP contribution in [-0.2, 0) is 32.5 Å². The van der Waals surface area contributed by atoms with Crippen LogP contribution in [0, 0.1) is 5.41 Å². The fraction of sp³-hybridized carbons (Fsp3) is 0.446. The van der Waals surface area contributed by atoms with Gasteiger partial charge in [-0.25, -0.2) is 0 Å². The van der Waals surface area contributed by atoms with Crippen molar-refractivity contribution >= 4 is 68.6 Å². The monoisotopic (exact) mass is 912 g/mol. The van der Waals surface area contributed by atoms with Crippen LogP contribution in [0.5, 0.6) is 0 Å². The second-order valence-corrected chi connectivity index (χ2v) is 27.8. The van der Waals surface area contributed by atoms with E-state index in [0.29, 0.717) is 0 Å². The van der Waals surface area contributed by atoms with Crippen molar-refractivity contribution < 1.29 is 0 Å². The van der Waals surface area contributed by atoms with Gasteiger partial charge in [-0.3, -0.25) is 0 Å². The van der Waals surface area contributed by atoms with Crippen molar-refractivity contribution in [1.82, 2.24) is 0 Å². The summed E-state index contributed by atoms with van der Waals surface area (Å²) >= 11 is 0. The summed E-state index contributed by atoms with van der Waals surface area (Å²) in [5.41, 5.74) is 23.2. The average molecular weight is 912 g/mol. The van der Waals surface area contributed by atoms with E-state index in [1.807, 2.05) is 0 Å². The van der Waals surface area contributed by atoms with Crippen molar-refractivity contribution in [3.05, 3.63) is 149 Å². The molecule has 0 spiro atoms. The molecule has 2 atom stereocenters. The fourth-order valence-corrected chi connectivity index (χ4v) is 14.3. The van der Waals surface area contributed by atoms with E-state index in [4.69, 9.17) is 0 Å². The van der Waals surface area contributed by atoms with Gasteiger partial charge in [0.25, 0.3) is 6.71 Å². The third kappa shape index (κ3) is 6.79. The molecule has 69 heavy (non-hydrogen) atoms. The Labute approximate surface area is 416 Å². The normalized spacial score (nSPS) is 22.7. The molecule has 6 aromatic carbocycles. The first-order valence-electron chi connectivity index (χ1n) is 26.3. The maximum atomic E-state index is 2.82. The standard InChI is InChI=1S/C65H78BN3/c1-58(2,3)41-23-27-45(28-24-41)67-53-30-26-43(60(7,8)9)34-50(53)66-51-37-47-48(63(14,15)32-31-62(47,12)13)38-54(51)68(44-21-19-18-20-22-44)56-36-46(35-55(67)57(56)66)69-52-29-25-42(59(4,5)6)33-49(52)64(16)39-61(10,11)40-65(64,69)17/h18-30,33-38H,31-32,39-40H2,1-17H3. The highest BCUT2D eigenvalue weighted by Crippen LogP contribution is 2.67. The molecule has 0 amide bonds. The zero-order valence-electron chi connectivity index (χ0n) is 45.2. The van der Waals surface area contributed by atoms with Crippen LogP contribution in [0.4, 0.5) is 45.5 Å². The number of hydrogen-bond donors (Lipinski definition) is 0. The Morgan fingerprint density at radius 3 is 1.49 bits per heavy atom. The third-order valence-electron chi connectivity index (χ3n) is 18.2. The lowest BCUT2D eigenvalue weighted by Crippen LogP contribution is -2.62. The molecule has 2 unspecified atom stereocenters. The number of rotatable bonds is 3. The SMILES string of the molecule is CC1(C)CC2(C)c3cc(C(C)(C)C)ccc3N(c3cc4c5c(c3)N(c3ccccc3)c3cc6c(cc3B5c3cc(C(C)(C)C)ccc3N4c3ccc(C(C)(C)C)cc3)C(C)(C)CCC6(C)C)C2(C)C1. The molecule has 3 aliphatic heterocycles. The van der Waals surface area contributed by atoms with Crippen LogP contribution in [0.3, 0.4) is 0 Å². The third-order valence-corrected chi connectivity index (χ3v) is 18.2. The highest BCUT2D eigenvalue weighted by molar-refractivity contribution is 7.00. The van der Waals surface area contributed by atoms with E-state index in [-0.39, 0.29) is 50.2 Å². The van der Waals surface area contributed by atoms with Crippen LogP contribution < -0.4 is 31.1 Å². The minimum Gasteiger partial charge on any atom is -0.334 e. The topological polar surface area (TPSA) is 9.72 Å². The van der Waals surface area contributed by atoms with Gasteiger partial charge in [0.2, 0.25) is 0 Å². The molecule has 4 heteroatoms. The summed E-state index contributed by atoms with van der Waals surface area (Å²) in [7, 11) is 0. The van der Waals surface area contributed by atoms with E-state index >= 15 is 0 Å². The highest BCUT2D eigenvalue weighted by Gasteiger charge is 2.64. The molecule has 11 rings (SSSR count). The van der Waals surface area contributed by atoms with Crippen LogP contribution in [0.1, 0.15) is 177 Å². The van der Waals surface area contributed by atoms with Crippen molar-refractivity contribution in [3.8, 4) is 0 Å². The molecule has 1 fully saturated rings. The molecule has 3 nitrogen and oxygen atoms in total. The van der Waals surface area contributed by atoms with Gasteiger partial charge in [0, 0.05) is 50.9 Å².